The Morgan fingerprint density at radius 3 is 2.95 bits per heavy atom. The fraction of sp³-hybridized carbons (Fsp3) is 0.400. The van der Waals surface area contributed by atoms with Gasteiger partial charge in [-0.25, -0.2) is 0 Å². The van der Waals surface area contributed by atoms with Crippen LogP contribution in [0.15, 0.2) is 35.8 Å². The van der Waals surface area contributed by atoms with Gasteiger partial charge in [-0.15, -0.1) is 11.3 Å². The maximum Gasteiger partial charge on any atom is 0.268 e. The zero-order valence-corrected chi connectivity index (χ0v) is 11.8. The fourth-order valence-corrected chi connectivity index (χ4v) is 3.21. The first-order valence-corrected chi connectivity index (χ1v) is 7.68. The minimum atomic E-state index is 0.0390. The lowest BCUT2D eigenvalue weighted by Crippen LogP contribution is -2.29. The van der Waals surface area contributed by atoms with Crippen molar-refractivity contribution in [2.75, 3.05) is 0 Å². The Balaban J connectivity index is 1.75. The molecule has 3 rings (SSSR count). The van der Waals surface area contributed by atoms with Gasteiger partial charge >= 0.3 is 0 Å². The maximum absolute atomic E-state index is 12.4. The Bertz CT molecular complexity index is 554. The molecule has 4 heteroatoms. The van der Waals surface area contributed by atoms with Crippen molar-refractivity contribution in [2.45, 2.75) is 38.3 Å². The van der Waals surface area contributed by atoms with Crippen molar-refractivity contribution < 1.29 is 4.79 Å². The second-order valence-electron chi connectivity index (χ2n) is 4.98. The summed E-state index contributed by atoms with van der Waals surface area (Å²) in [6, 6.07) is 8.64. The third-order valence-corrected chi connectivity index (χ3v) is 4.54. The predicted octanol–water partition coefficient (Wildman–Crippen LogP) is 3.77. The minimum absolute atomic E-state index is 0.0390. The second-order valence-corrected chi connectivity index (χ2v) is 5.96. The van der Waals surface area contributed by atoms with E-state index in [2.05, 4.69) is 28.3 Å². The van der Waals surface area contributed by atoms with Crippen LogP contribution in [0.2, 0.25) is 0 Å². The third kappa shape index (κ3) is 2.59. The number of hydrogen-bond donors (Lipinski definition) is 1. The van der Waals surface area contributed by atoms with Crippen molar-refractivity contribution in [2.24, 2.45) is 0 Å². The van der Waals surface area contributed by atoms with Crippen molar-refractivity contribution in [3.8, 4) is 0 Å². The zero-order chi connectivity index (χ0) is 13.2. The Morgan fingerprint density at radius 1 is 1.47 bits per heavy atom. The van der Waals surface area contributed by atoms with Gasteiger partial charge in [-0.05, 0) is 42.8 Å². The molecule has 19 heavy (non-hydrogen) atoms. The summed E-state index contributed by atoms with van der Waals surface area (Å²) in [5.41, 5.74) is 0.789. The molecule has 2 aromatic rings. The standard InChI is InChI=1S/C15H18N2OS/c1-2-12(14-6-4-10-19-14)16-15(18)13-5-3-9-17(13)11-7-8-11/h3-6,9-12H,2,7-8H2,1H3,(H,16,18). The summed E-state index contributed by atoms with van der Waals surface area (Å²) in [6.45, 7) is 2.10. The predicted molar refractivity (Wildman–Crippen MR) is 77.5 cm³/mol. The van der Waals surface area contributed by atoms with Gasteiger partial charge in [0.2, 0.25) is 0 Å². The first-order valence-electron chi connectivity index (χ1n) is 6.80. The van der Waals surface area contributed by atoms with E-state index in [1.165, 1.54) is 17.7 Å². The van der Waals surface area contributed by atoms with Crippen molar-refractivity contribution >= 4 is 17.2 Å². The highest BCUT2D eigenvalue weighted by atomic mass is 32.1. The normalized spacial score (nSPS) is 16.3. The highest BCUT2D eigenvalue weighted by molar-refractivity contribution is 7.10. The first kappa shape index (κ1) is 12.5. The quantitative estimate of drug-likeness (QED) is 0.885. The van der Waals surface area contributed by atoms with E-state index < -0.39 is 0 Å². The van der Waals surface area contributed by atoms with E-state index >= 15 is 0 Å². The van der Waals surface area contributed by atoms with Crippen LogP contribution in [0.3, 0.4) is 0 Å². The lowest BCUT2D eigenvalue weighted by molar-refractivity contribution is 0.0926. The molecule has 1 saturated carbocycles. The number of nitrogens with zero attached hydrogens (tertiary/aromatic N) is 1. The van der Waals surface area contributed by atoms with Gasteiger partial charge in [0.05, 0.1) is 6.04 Å². The molecule has 0 spiro atoms. The van der Waals surface area contributed by atoms with E-state index in [-0.39, 0.29) is 11.9 Å². The number of aromatic nitrogens is 1. The molecule has 0 radical (unpaired) electrons. The number of nitrogens with one attached hydrogen (secondary N) is 1. The Kier molecular flexibility index (Phi) is 3.42. The molecular weight excluding hydrogens is 256 g/mol. The molecule has 1 atom stereocenters. The number of thiophene rings is 1. The van der Waals surface area contributed by atoms with E-state index in [0.717, 1.165) is 12.1 Å². The lowest BCUT2D eigenvalue weighted by atomic mass is 10.2. The third-order valence-electron chi connectivity index (χ3n) is 3.55. The topological polar surface area (TPSA) is 34.0 Å². The Hall–Kier alpha value is -1.55. The number of amides is 1. The Morgan fingerprint density at radius 2 is 2.32 bits per heavy atom. The van der Waals surface area contributed by atoms with Crippen molar-refractivity contribution in [1.82, 2.24) is 9.88 Å². The highest BCUT2D eigenvalue weighted by Gasteiger charge is 2.27. The molecule has 0 saturated heterocycles. The van der Waals surface area contributed by atoms with E-state index in [1.807, 2.05) is 24.4 Å². The van der Waals surface area contributed by atoms with Gasteiger partial charge in [0.1, 0.15) is 5.69 Å². The van der Waals surface area contributed by atoms with Crippen LogP contribution < -0.4 is 5.32 Å². The van der Waals surface area contributed by atoms with Crippen LogP contribution in [0.5, 0.6) is 0 Å². The van der Waals surface area contributed by atoms with Gasteiger partial charge in [-0.2, -0.15) is 0 Å². The SMILES string of the molecule is CCC(NC(=O)c1cccn1C1CC1)c1cccs1. The number of carbonyl (C=O) groups excluding carboxylic acids is 1. The highest BCUT2D eigenvalue weighted by Crippen LogP contribution is 2.36. The summed E-state index contributed by atoms with van der Waals surface area (Å²) < 4.78 is 2.11. The van der Waals surface area contributed by atoms with Crippen LogP contribution in [0.1, 0.15) is 53.6 Å². The molecule has 1 amide bonds. The first-order chi connectivity index (χ1) is 9.29. The molecule has 0 aromatic carbocycles. The van der Waals surface area contributed by atoms with Crippen molar-refractivity contribution in [3.05, 3.63) is 46.4 Å². The molecule has 0 bridgehead atoms. The summed E-state index contributed by atoms with van der Waals surface area (Å²) in [5.74, 6) is 0.0390. The summed E-state index contributed by atoms with van der Waals surface area (Å²) in [7, 11) is 0. The lowest BCUT2D eigenvalue weighted by Gasteiger charge is -2.16. The molecule has 1 N–H and O–H groups in total. The molecular formula is C15H18N2OS. The van der Waals surface area contributed by atoms with Crippen LogP contribution in [0.25, 0.3) is 0 Å². The van der Waals surface area contributed by atoms with E-state index in [0.29, 0.717) is 6.04 Å². The van der Waals surface area contributed by atoms with Gasteiger partial charge in [-0.1, -0.05) is 13.0 Å². The van der Waals surface area contributed by atoms with Gasteiger partial charge in [0.15, 0.2) is 0 Å². The van der Waals surface area contributed by atoms with Gasteiger partial charge in [0.25, 0.3) is 5.91 Å². The van der Waals surface area contributed by atoms with Crippen molar-refractivity contribution in [1.29, 1.82) is 0 Å². The summed E-state index contributed by atoms with van der Waals surface area (Å²) in [5, 5.41) is 5.20. The Labute approximate surface area is 117 Å². The number of carbonyl (C=O) groups is 1. The van der Waals surface area contributed by atoms with Crippen LogP contribution >= 0.6 is 11.3 Å². The van der Waals surface area contributed by atoms with Gasteiger partial charge < -0.3 is 9.88 Å². The summed E-state index contributed by atoms with van der Waals surface area (Å²) in [4.78, 5) is 13.6. The van der Waals surface area contributed by atoms with Crippen LogP contribution in [0.4, 0.5) is 0 Å². The molecule has 0 aliphatic heterocycles. The fourth-order valence-electron chi connectivity index (χ4n) is 2.35. The van der Waals surface area contributed by atoms with Crippen molar-refractivity contribution in [3.63, 3.8) is 0 Å². The average Bonchev–Trinajstić information content (AvgIpc) is 2.96. The van der Waals surface area contributed by atoms with Gasteiger partial charge in [-0.3, -0.25) is 4.79 Å². The van der Waals surface area contributed by atoms with Crippen LogP contribution in [-0.4, -0.2) is 10.5 Å². The van der Waals surface area contributed by atoms with Crippen LogP contribution in [-0.2, 0) is 0 Å². The molecule has 1 aliphatic carbocycles. The molecule has 3 nitrogen and oxygen atoms in total. The summed E-state index contributed by atoms with van der Waals surface area (Å²) in [6.07, 6.45) is 5.31. The average molecular weight is 274 g/mol. The maximum atomic E-state index is 12.4. The largest absolute Gasteiger partial charge is 0.343 e. The second kappa shape index (κ2) is 5.21. The molecule has 1 fully saturated rings. The van der Waals surface area contributed by atoms with Gasteiger partial charge in [0, 0.05) is 17.1 Å². The molecule has 1 unspecified atom stereocenters. The molecule has 1 aliphatic rings. The smallest absolute Gasteiger partial charge is 0.268 e. The van der Waals surface area contributed by atoms with Crippen LogP contribution in [0, 0.1) is 0 Å². The monoisotopic (exact) mass is 274 g/mol. The molecule has 2 aromatic heterocycles. The summed E-state index contributed by atoms with van der Waals surface area (Å²) >= 11 is 1.70. The van der Waals surface area contributed by atoms with E-state index in [9.17, 15) is 4.79 Å². The number of hydrogen-bond acceptors (Lipinski definition) is 2. The molecule has 2 heterocycles. The van der Waals surface area contributed by atoms with E-state index in [4.69, 9.17) is 0 Å². The molecule has 100 valence electrons. The zero-order valence-electron chi connectivity index (χ0n) is 11.0. The van der Waals surface area contributed by atoms with E-state index in [1.54, 1.807) is 11.3 Å². The minimum Gasteiger partial charge on any atom is -0.343 e. The number of rotatable bonds is 5.